The van der Waals surface area contributed by atoms with Gasteiger partial charge >= 0.3 is 0 Å². The molecule has 17 heavy (non-hydrogen) atoms. The van der Waals surface area contributed by atoms with Crippen LogP contribution < -0.4 is 10.9 Å². The Bertz CT molecular complexity index is 407. The molecular weight excluding hydrogens is 234 g/mol. The first-order valence-corrected chi connectivity index (χ1v) is 7.07. The Morgan fingerprint density at radius 3 is 3.00 bits per heavy atom. The third-order valence-corrected chi connectivity index (χ3v) is 4.53. The minimum absolute atomic E-state index is 0.0721. The van der Waals surface area contributed by atoms with Crippen molar-refractivity contribution < 1.29 is 0 Å². The zero-order valence-corrected chi connectivity index (χ0v) is 10.9. The SMILES string of the molecule is CNC1CCCCCC1Sc1nccc(=O)[nH]1. The van der Waals surface area contributed by atoms with E-state index < -0.39 is 0 Å². The minimum Gasteiger partial charge on any atom is -0.316 e. The molecule has 2 atom stereocenters. The molecule has 94 valence electrons. The van der Waals surface area contributed by atoms with Crippen molar-refractivity contribution in [3.8, 4) is 0 Å². The Balaban J connectivity index is 2.07. The van der Waals surface area contributed by atoms with Gasteiger partial charge in [-0.25, -0.2) is 4.98 Å². The normalized spacial score (nSPS) is 25.5. The van der Waals surface area contributed by atoms with E-state index in [4.69, 9.17) is 0 Å². The van der Waals surface area contributed by atoms with E-state index in [1.165, 1.54) is 38.2 Å². The molecule has 0 amide bonds. The first-order chi connectivity index (χ1) is 8.29. The highest BCUT2D eigenvalue weighted by Gasteiger charge is 2.23. The summed E-state index contributed by atoms with van der Waals surface area (Å²) in [7, 11) is 2.02. The fraction of sp³-hybridized carbons (Fsp3) is 0.667. The molecule has 0 saturated heterocycles. The lowest BCUT2D eigenvalue weighted by atomic mass is 10.1. The molecular formula is C12H19N3OS. The number of hydrogen-bond acceptors (Lipinski definition) is 4. The van der Waals surface area contributed by atoms with Crippen molar-refractivity contribution in [2.75, 3.05) is 7.05 Å². The Hall–Kier alpha value is -0.810. The molecule has 1 saturated carbocycles. The van der Waals surface area contributed by atoms with Crippen LogP contribution in [0.3, 0.4) is 0 Å². The number of nitrogens with one attached hydrogen (secondary N) is 2. The van der Waals surface area contributed by atoms with Crippen LogP contribution >= 0.6 is 11.8 Å². The van der Waals surface area contributed by atoms with Gasteiger partial charge in [-0.3, -0.25) is 4.79 Å². The van der Waals surface area contributed by atoms with Gasteiger partial charge in [0.15, 0.2) is 5.16 Å². The average molecular weight is 253 g/mol. The van der Waals surface area contributed by atoms with Gasteiger partial charge < -0.3 is 10.3 Å². The van der Waals surface area contributed by atoms with Gasteiger partial charge in [-0.1, -0.05) is 31.0 Å². The van der Waals surface area contributed by atoms with Crippen LogP contribution in [0.15, 0.2) is 22.2 Å². The zero-order valence-electron chi connectivity index (χ0n) is 10.1. The second-order valence-corrected chi connectivity index (χ2v) is 5.66. The Morgan fingerprint density at radius 1 is 1.41 bits per heavy atom. The summed E-state index contributed by atoms with van der Waals surface area (Å²) in [6.07, 6.45) is 7.86. The van der Waals surface area contributed by atoms with Gasteiger partial charge in [-0.15, -0.1) is 0 Å². The van der Waals surface area contributed by atoms with Crippen LogP contribution in [0.2, 0.25) is 0 Å². The first kappa shape index (κ1) is 12.6. The number of thioether (sulfide) groups is 1. The van der Waals surface area contributed by atoms with Crippen LogP contribution in [0.4, 0.5) is 0 Å². The van der Waals surface area contributed by atoms with E-state index in [9.17, 15) is 4.79 Å². The van der Waals surface area contributed by atoms with Gasteiger partial charge in [0, 0.05) is 23.6 Å². The van der Waals surface area contributed by atoms with Gasteiger partial charge in [0.2, 0.25) is 0 Å². The highest BCUT2D eigenvalue weighted by Crippen LogP contribution is 2.30. The van der Waals surface area contributed by atoms with E-state index >= 15 is 0 Å². The molecule has 1 heterocycles. The molecule has 1 aliphatic carbocycles. The van der Waals surface area contributed by atoms with Crippen LogP contribution in [0, 0.1) is 0 Å². The fourth-order valence-corrected chi connectivity index (χ4v) is 3.59. The lowest BCUT2D eigenvalue weighted by Crippen LogP contribution is -2.34. The summed E-state index contributed by atoms with van der Waals surface area (Å²) in [6.45, 7) is 0. The van der Waals surface area contributed by atoms with Crippen molar-refractivity contribution in [3.63, 3.8) is 0 Å². The van der Waals surface area contributed by atoms with E-state index in [-0.39, 0.29) is 5.56 Å². The van der Waals surface area contributed by atoms with E-state index in [2.05, 4.69) is 15.3 Å². The molecule has 0 bridgehead atoms. The zero-order chi connectivity index (χ0) is 12.1. The van der Waals surface area contributed by atoms with Crippen LogP contribution in [0.5, 0.6) is 0 Å². The monoisotopic (exact) mass is 253 g/mol. The topological polar surface area (TPSA) is 57.8 Å². The highest BCUT2D eigenvalue weighted by atomic mass is 32.2. The number of aromatic amines is 1. The Labute approximate surface area is 106 Å². The molecule has 0 aromatic carbocycles. The van der Waals surface area contributed by atoms with Gasteiger partial charge in [0.25, 0.3) is 5.56 Å². The second-order valence-electron chi connectivity index (χ2n) is 4.43. The Kier molecular flexibility index (Phi) is 4.62. The Morgan fingerprint density at radius 2 is 2.24 bits per heavy atom. The molecule has 2 unspecified atom stereocenters. The maximum atomic E-state index is 11.2. The van der Waals surface area contributed by atoms with Gasteiger partial charge in [-0.2, -0.15) is 0 Å². The molecule has 0 aliphatic heterocycles. The smallest absolute Gasteiger partial charge is 0.251 e. The molecule has 1 aromatic heterocycles. The molecule has 5 heteroatoms. The van der Waals surface area contributed by atoms with E-state index in [1.54, 1.807) is 18.0 Å². The summed E-state index contributed by atoms with van der Waals surface area (Å²) in [5.41, 5.74) is -0.0721. The summed E-state index contributed by atoms with van der Waals surface area (Å²) >= 11 is 1.70. The third-order valence-electron chi connectivity index (χ3n) is 3.23. The maximum absolute atomic E-state index is 11.2. The lowest BCUT2D eigenvalue weighted by molar-refractivity contribution is 0.509. The summed E-state index contributed by atoms with van der Waals surface area (Å²) in [5.74, 6) is 0. The van der Waals surface area contributed by atoms with E-state index in [0.717, 1.165) is 5.16 Å². The molecule has 2 rings (SSSR count). The number of hydrogen-bond donors (Lipinski definition) is 2. The summed E-state index contributed by atoms with van der Waals surface area (Å²) < 4.78 is 0. The molecule has 2 N–H and O–H groups in total. The predicted octanol–water partition coefficient (Wildman–Crippen LogP) is 1.78. The molecule has 0 radical (unpaired) electrons. The van der Waals surface area contributed by atoms with Crippen LogP contribution in [0.25, 0.3) is 0 Å². The first-order valence-electron chi connectivity index (χ1n) is 6.19. The van der Waals surface area contributed by atoms with Crippen molar-refractivity contribution in [1.82, 2.24) is 15.3 Å². The van der Waals surface area contributed by atoms with Gasteiger partial charge in [0.05, 0.1) is 0 Å². The number of nitrogens with zero attached hydrogens (tertiary/aromatic N) is 1. The van der Waals surface area contributed by atoms with E-state index in [1.807, 2.05) is 7.05 Å². The largest absolute Gasteiger partial charge is 0.316 e. The van der Waals surface area contributed by atoms with Crippen molar-refractivity contribution in [1.29, 1.82) is 0 Å². The van der Waals surface area contributed by atoms with Crippen LogP contribution in [-0.4, -0.2) is 28.3 Å². The standard InChI is InChI=1S/C12H19N3OS/c1-13-9-5-3-2-4-6-10(9)17-12-14-8-7-11(16)15-12/h7-10,13H,2-6H2,1H3,(H,14,15,16). The summed E-state index contributed by atoms with van der Waals surface area (Å²) in [6, 6.07) is 1.97. The highest BCUT2D eigenvalue weighted by molar-refractivity contribution is 7.99. The van der Waals surface area contributed by atoms with Crippen molar-refractivity contribution in [3.05, 3.63) is 22.6 Å². The maximum Gasteiger partial charge on any atom is 0.251 e. The summed E-state index contributed by atoms with van der Waals surface area (Å²) in [5, 5.41) is 4.64. The third kappa shape index (κ3) is 3.57. The molecule has 1 aromatic rings. The average Bonchev–Trinajstić information content (AvgIpc) is 2.54. The van der Waals surface area contributed by atoms with Crippen molar-refractivity contribution >= 4 is 11.8 Å². The number of rotatable bonds is 3. The van der Waals surface area contributed by atoms with Crippen molar-refractivity contribution in [2.24, 2.45) is 0 Å². The van der Waals surface area contributed by atoms with E-state index in [0.29, 0.717) is 11.3 Å². The molecule has 1 fully saturated rings. The predicted molar refractivity (Wildman–Crippen MR) is 70.4 cm³/mol. The molecule has 1 aliphatic rings. The van der Waals surface area contributed by atoms with Gasteiger partial charge in [-0.05, 0) is 19.9 Å². The minimum atomic E-state index is -0.0721. The quantitative estimate of drug-likeness (QED) is 0.637. The van der Waals surface area contributed by atoms with Gasteiger partial charge in [0.1, 0.15) is 0 Å². The second kappa shape index (κ2) is 6.21. The number of aromatic nitrogens is 2. The fourth-order valence-electron chi connectivity index (χ4n) is 2.30. The lowest BCUT2D eigenvalue weighted by Gasteiger charge is -2.23. The number of H-pyrrole nitrogens is 1. The summed E-state index contributed by atoms with van der Waals surface area (Å²) in [4.78, 5) is 18.2. The molecule has 0 spiro atoms. The van der Waals surface area contributed by atoms with Crippen LogP contribution in [0.1, 0.15) is 32.1 Å². The van der Waals surface area contributed by atoms with Crippen molar-refractivity contribution in [2.45, 2.75) is 48.6 Å². The molecule has 4 nitrogen and oxygen atoms in total. The van der Waals surface area contributed by atoms with Crippen LogP contribution in [-0.2, 0) is 0 Å².